The highest BCUT2D eigenvalue weighted by atomic mass is 32.2. The lowest BCUT2D eigenvalue weighted by molar-refractivity contribution is 0.393. The van der Waals surface area contributed by atoms with Crippen LogP contribution in [0.4, 0.5) is 0 Å². The van der Waals surface area contributed by atoms with Gasteiger partial charge in [-0.05, 0) is 24.1 Å². The normalized spacial score (nSPS) is 16.9. The summed E-state index contributed by atoms with van der Waals surface area (Å²) in [7, 11) is 3.45. The van der Waals surface area contributed by atoms with Crippen molar-refractivity contribution in [2.75, 3.05) is 25.7 Å². The average molecular weight is 327 g/mol. The third-order valence-electron chi connectivity index (χ3n) is 3.90. The standard InChI is InChI=1S/C17H26O2S2/c1-4-5-6-7-8-17(20-9-10-21-17)14-11-15(18-2)13-16(12-14)19-3/h11-13H,4-10H2,1-3H3. The van der Waals surface area contributed by atoms with Gasteiger partial charge >= 0.3 is 0 Å². The fraction of sp³-hybridized carbons (Fsp3) is 0.647. The highest BCUT2D eigenvalue weighted by Crippen LogP contribution is 2.56. The lowest BCUT2D eigenvalue weighted by atomic mass is 10.0. The highest BCUT2D eigenvalue weighted by molar-refractivity contribution is 8.20. The number of ether oxygens (including phenoxy) is 2. The van der Waals surface area contributed by atoms with Crippen LogP contribution in [0.15, 0.2) is 18.2 Å². The van der Waals surface area contributed by atoms with Gasteiger partial charge in [-0.15, -0.1) is 23.5 Å². The van der Waals surface area contributed by atoms with Crippen LogP contribution in [0.2, 0.25) is 0 Å². The van der Waals surface area contributed by atoms with E-state index in [4.69, 9.17) is 9.47 Å². The van der Waals surface area contributed by atoms with Crippen molar-refractivity contribution >= 4 is 23.5 Å². The van der Waals surface area contributed by atoms with E-state index in [0.29, 0.717) is 0 Å². The van der Waals surface area contributed by atoms with Crippen molar-refractivity contribution in [1.29, 1.82) is 0 Å². The molecule has 0 aliphatic carbocycles. The summed E-state index contributed by atoms with van der Waals surface area (Å²) >= 11 is 4.18. The minimum atomic E-state index is 0.190. The van der Waals surface area contributed by atoms with Gasteiger partial charge in [0.1, 0.15) is 11.5 Å². The smallest absolute Gasteiger partial charge is 0.122 e. The molecule has 1 aromatic carbocycles. The number of hydrogen-bond donors (Lipinski definition) is 0. The first kappa shape index (κ1) is 16.9. The molecule has 1 aliphatic heterocycles. The molecule has 4 heteroatoms. The first-order chi connectivity index (χ1) is 10.2. The van der Waals surface area contributed by atoms with Crippen LogP contribution in [-0.2, 0) is 4.08 Å². The topological polar surface area (TPSA) is 18.5 Å². The zero-order valence-electron chi connectivity index (χ0n) is 13.3. The van der Waals surface area contributed by atoms with E-state index in [2.05, 4.69) is 42.6 Å². The van der Waals surface area contributed by atoms with Gasteiger partial charge in [-0.3, -0.25) is 0 Å². The molecule has 1 heterocycles. The van der Waals surface area contributed by atoms with Crippen molar-refractivity contribution in [3.63, 3.8) is 0 Å². The Morgan fingerprint density at radius 1 is 0.952 bits per heavy atom. The summed E-state index contributed by atoms with van der Waals surface area (Å²) in [5, 5.41) is 0. The molecule has 0 atom stereocenters. The molecule has 0 aromatic heterocycles. The second-order valence-corrected chi connectivity index (χ2v) is 8.41. The second-order valence-electron chi connectivity index (χ2n) is 5.36. The van der Waals surface area contributed by atoms with Gasteiger partial charge in [0.05, 0.1) is 18.3 Å². The molecule has 2 nitrogen and oxygen atoms in total. The van der Waals surface area contributed by atoms with Gasteiger partial charge in [-0.25, -0.2) is 0 Å². The lowest BCUT2D eigenvalue weighted by Gasteiger charge is -2.28. The van der Waals surface area contributed by atoms with Gasteiger partial charge < -0.3 is 9.47 Å². The number of benzene rings is 1. The van der Waals surface area contributed by atoms with Crippen molar-refractivity contribution in [3.8, 4) is 11.5 Å². The SMILES string of the molecule is CCCCCCC1(c2cc(OC)cc(OC)c2)SCCS1. The monoisotopic (exact) mass is 326 g/mol. The predicted octanol–water partition coefficient (Wildman–Crippen LogP) is 5.31. The van der Waals surface area contributed by atoms with Crippen molar-refractivity contribution in [2.45, 2.75) is 43.1 Å². The predicted molar refractivity (Wildman–Crippen MR) is 94.9 cm³/mol. The van der Waals surface area contributed by atoms with E-state index in [9.17, 15) is 0 Å². The minimum absolute atomic E-state index is 0.190. The third-order valence-corrected chi connectivity index (χ3v) is 7.50. The number of rotatable bonds is 8. The zero-order valence-corrected chi connectivity index (χ0v) is 14.9. The van der Waals surface area contributed by atoms with Crippen LogP contribution in [-0.4, -0.2) is 25.7 Å². The van der Waals surface area contributed by atoms with Crippen LogP contribution in [0.5, 0.6) is 11.5 Å². The van der Waals surface area contributed by atoms with Crippen LogP contribution >= 0.6 is 23.5 Å². The second kappa shape index (κ2) is 8.23. The zero-order chi connectivity index (χ0) is 15.1. The molecule has 1 fully saturated rings. The molecule has 118 valence electrons. The van der Waals surface area contributed by atoms with Crippen LogP contribution in [0, 0.1) is 0 Å². The fourth-order valence-electron chi connectivity index (χ4n) is 2.72. The van der Waals surface area contributed by atoms with Crippen molar-refractivity contribution < 1.29 is 9.47 Å². The Hall–Kier alpha value is -0.480. The Morgan fingerprint density at radius 2 is 1.57 bits per heavy atom. The molecular weight excluding hydrogens is 300 g/mol. The molecule has 2 rings (SSSR count). The van der Waals surface area contributed by atoms with E-state index in [-0.39, 0.29) is 4.08 Å². The Kier molecular flexibility index (Phi) is 6.62. The number of unbranched alkanes of at least 4 members (excludes halogenated alkanes) is 3. The maximum atomic E-state index is 5.45. The number of hydrogen-bond acceptors (Lipinski definition) is 4. The van der Waals surface area contributed by atoms with Crippen LogP contribution < -0.4 is 9.47 Å². The van der Waals surface area contributed by atoms with Crippen LogP contribution in [0.3, 0.4) is 0 Å². The van der Waals surface area contributed by atoms with Gasteiger partial charge in [0, 0.05) is 17.6 Å². The summed E-state index contributed by atoms with van der Waals surface area (Å²) in [6.07, 6.45) is 6.50. The van der Waals surface area contributed by atoms with E-state index in [1.165, 1.54) is 49.2 Å². The lowest BCUT2D eigenvalue weighted by Crippen LogP contribution is -2.15. The molecule has 1 aliphatic rings. The molecule has 1 saturated heterocycles. The molecule has 0 unspecified atom stereocenters. The summed E-state index contributed by atoms with van der Waals surface area (Å²) < 4.78 is 11.1. The summed E-state index contributed by atoms with van der Waals surface area (Å²) in [5.74, 6) is 4.26. The van der Waals surface area contributed by atoms with E-state index in [1.54, 1.807) is 14.2 Å². The maximum absolute atomic E-state index is 5.45. The fourth-order valence-corrected chi connectivity index (χ4v) is 6.03. The van der Waals surface area contributed by atoms with Crippen molar-refractivity contribution in [1.82, 2.24) is 0 Å². The largest absolute Gasteiger partial charge is 0.497 e. The van der Waals surface area contributed by atoms with Gasteiger partial charge in [0.2, 0.25) is 0 Å². The average Bonchev–Trinajstić information content (AvgIpc) is 3.01. The van der Waals surface area contributed by atoms with Gasteiger partial charge in [0.15, 0.2) is 0 Å². The quantitative estimate of drug-likeness (QED) is 0.603. The molecule has 21 heavy (non-hydrogen) atoms. The first-order valence-corrected chi connectivity index (χ1v) is 9.72. The maximum Gasteiger partial charge on any atom is 0.122 e. The molecule has 0 spiro atoms. The summed E-state index contributed by atoms with van der Waals surface area (Å²) in [5.41, 5.74) is 1.35. The molecule has 0 saturated carbocycles. The molecular formula is C17H26O2S2. The Balaban J connectivity index is 2.20. The number of methoxy groups -OCH3 is 2. The Morgan fingerprint density at radius 3 is 2.10 bits per heavy atom. The highest BCUT2D eigenvalue weighted by Gasteiger charge is 2.37. The van der Waals surface area contributed by atoms with Crippen LogP contribution in [0.1, 0.15) is 44.6 Å². The van der Waals surface area contributed by atoms with E-state index in [0.717, 1.165) is 11.5 Å². The molecule has 0 amide bonds. The van der Waals surface area contributed by atoms with Crippen LogP contribution in [0.25, 0.3) is 0 Å². The van der Waals surface area contributed by atoms with E-state index in [1.807, 2.05) is 6.07 Å². The minimum Gasteiger partial charge on any atom is -0.497 e. The molecule has 1 aromatic rings. The summed E-state index contributed by atoms with van der Waals surface area (Å²) in [4.78, 5) is 0. The summed E-state index contributed by atoms with van der Waals surface area (Å²) in [6, 6.07) is 6.33. The van der Waals surface area contributed by atoms with Gasteiger partial charge in [-0.1, -0.05) is 32.6 Å². The Labute approximate surface area is 137 Å². The van der Waals surface area contributed by atoms with E-state index < -0.39 is 0 Å². The Bertz CT molecular complexity index is 420. The summed E-state index contributed by atoms with van der Waals surface area (Å²) in [6.45, 7) is 2.27. The van der Waals surface area contributed by atoms with E-state index >= 15 is 0 Å². The van der Waals surface area contributed by atoms with Gasteiger partial charge in [-0.2, -0.15) is 0 Å². The van der Waals surface area contributed by atoms with Crippen molar-refractivity contribution in [3.05, 3.63) is 23.8 Å². The first-order valence-electron chi connectivity index (χ1n) is 7.75. The number of thioether (sulfide) groups is 2. The molecule has 0 bridgehead atoms. The molecule has 0 N–H and O–H groups in total. The van der Waals surface area contributed by atoms with Gasteiger partial charge in [0.25, 0.3) is 0 Å². The van der Waals surface area contributed by atoms with Crippen molar-refractivity contribution in [2.24, 2.45) is 0 Å². The third kappa shape index (κ3) is 4.26. The molecule has 0 radical (unpaired) electrons.